The number of ether oxygens (including phenoxy) is 1. The average Bonchev–Trinajstić information content (AvgIpc) is 2.68. The van der Waals surface area contributed by atoms with Gasteiger partial charge in [0.05, 0.1) is 11.4 Å². The molecule has 0 radical (unpaired) electrons. The van der Waals surface area contributed by atoms with Crippen LogP contribution in [0.1, 0.15) is 27.7 Å². The Morgan fingerprint density at radius 3 is 2.14 bits per heavy atom. The maximum Gasteiger partial charge on any atom is 0.394 e. The molecule has 1 atom stereocenters. The van der Waals surface area contributed by atoms with Gasteiger partial charge in [-0.3, -0.25) is 5.01 Å². The molecule has 0 aliphatic carbocycles. The minimum absolute atomic E-state index is 0.0490. The highest BCUT2D eigenvalue weighted by atomic mass is 79.9. The lowest BCUT2D eigenvalue weighted by atomic mass is 10.3. The molecule has 3 nitrogen and oxygen atoms in total. The number of hydrazine groups is 1. The molecule has 0 saturated carbocycles. The Bertz CT molecular complexity index is 500. The Morgan fingerprint density at radius 1 is 1.24 bits per heavy atom. The molecule has 1 aliphatic rings. The summed E-state index contributed by atoms with van der Waals surface area (Å²) in [6, 6.07) is 5.94. The van der Waals surface area contributed by atoms with Crippen LogP contribution < -0.4 is 15.2 Å². The van der Waals surface area contributed by atoms with Crippen molar-refractivity contribution in [3.63, 3.8) is 0 Å². The Hall–Kier alpha value is -1.21. The van der Waals surface area contributed by atoms with Crippen molar-refractivity contribution in [3.05, 3.63) is 35.8 Å². The van der Waals surface area contributed by atoms with E-state index >= 15 is 0 Å². The number of allylic oxidation sites excluding steroid dienone is 1. The quantitative estimate of drug-likeness (QED) is 0.604. The highest BCUT2D eigenvalue weighted by Crippen LogP contribution is 2.31. The monoisotopic (exact) mass is 366 g/mol. The fourth-order valence-electron chi connectivity index (χ4n) is 1.70. The normalized spacial score (nSPS) is 18.5. The van der Waals surface area contributed by atoms with Gasteiger partial charge >= 0.3 is 6.11 Å². The third-order valence-corrected chi connectivity index (χ3v) is 3.14. The Labute approximate surface area is 130 Å². The zero-order valence-electron chi connectivity index (χ0n) is 12.3. The first-order valence-corrected chi connectivity index (χ1v) is 7.43. The second kappa shape index (κ2) is 7.17. The van der Waals surface area contributed by atoms with Crippen LogP contribution in [0.5, 0.6) is 5.75 Å². The van der Waals surface area contributed by atoms with Gasteiger partial charge in [0.1, 0.15) is 10.7 Å². The number of benzene rings is 1. The van der Waals surface area contributed by atoms with Gasteiger partial charge in [-0.25, -0.2) is 9.82 Å². The fourth-order valence-corrected chi connectivity index (χ4v) is 2.23. The highest BCUT2D eigenvalue weighted by Gasteiger charge is 2.28. The number of hydrogen-bond donors (Lipinski definition) is 1. The molecule has 0 saturated heterocycles. The van der Waals surface area contributed by atoms with Gasteiger partial charge in [-0.05, 0) is 31.2 Å². The Morgan fingerprint density at radius 2 is 1.76 bits per heavy atom. The molecule has 0 aromatic heterocycles. The third-order valence-electron chi connectivity index (χ3n) is 2.54. The van der Waals surface area contributed by atoms with Crippen molar-refractivity contribution in [2.24, 2.45) is 0 Å². The number of nitrogens with one attached hydrogen (secondary N) is 1. The van der Waals surface area contributed by atoms with Crippen molar-refractivity contribution in [2.75, 3.05) is 5.01 Å². The lowest BCUT2D eigenvalue weighted by Gasteiger charge is -2.21. The predicted molar refractivity (Wildman–Crippen MR) is 81.2 cm³/mol. The van der Waals surface area contributed by atoms with Crippen LogP contribution in [-0.2, 0) is 0 Å². The van der Waals surface area contributed by atoms with Crippen LogP contribution in [0.3, 0.4) is 0 Å². The number of anilines is 1. The molecule has 118 valence electrons. The average molecular weight is 367 g/mol. The molecular weight excluding hydrogens is 349 g/mol. The first-order valence-electron chi connectivity index (χ1n) is 6.51. The Kier molecular flexibility index (Phi) is 6.10. The van der Waals surface area contributed by atoms with Crippen molar-refractivity contribution in [2.45, 2.75) is 38.8 Å². The van der Waals surface area contributed by atoms with Crippen LogP contribution in [0.4, 0.5) is 18.9 Å². The van der Waals surface area contributed by atoms with E-state index in [2.05, 4.69) is 26.1 Å². The van der Waals surface area contributed by atoms with Crippen molar-refractivity contribution >= 4 is 21.6 Å². The molecule has 0 bridgehead atoms. The Balaban J connectivity index is 0.00000106. The summed E-state index contributed by atoms with van der Waals surface area (Å²) < 4.78 is 43.3. The first kappa shape index (κ1) is 17.8. The van der Waals surface area contributed by atoms with E-state index in [4.69, 9.17) is 0 Å². The van der Waals surface area contributed by atoms with E-state index in [-0.39, 0.29) is 11.6 Å². The van der Waals surface area contributed by atoms with E-state index < -0.39 is 11.1 Å². The van der Waals surface area contributed by atoms with E-state index in [9.17, 15) is 13.2 Å². The van der Waals surface area contributed by atoms with Gasteiger partial charge < -0.3 is 4.74 Å². The number of alkyl halides is 3. The fraction of sp³-hybridized carbons (Fsp3) is 0.429. The molecule has 1 aromatic rings. The molecule has 7 heteroatoms. The van der Waals surface area contributed by atoms with Crippen molar-refractivity contribution in [1.29, 1.82) is 0 Å². The summed E-state index contributed by atoms with van der Waals surface area (Å²) >= 11 is 3.13. The lowest BCUT2D eigenvalue weighted by Crippen LogP contribution is -2.34. The van der Waals surface area contributed by atoms with Crippen LogP contribution in [0.25, 0.3) is 0 Å². The second-order valence-corrected chi connectivity index (χ2v) is 5.08. The summed E-state index contributed by atoms with van der Waals surface area (Å²) in [6.07, 6.45) is -3.23. The van der Waals surface area contributed by atoms with E-state index in [1.54, 1.807) is 19.1 Å². The zero-order valence-corrected chi connectivity index (χ0v) is 13.8. The minimum atomic E-state index is -3.23. The molecule has 1 N–H and O–H groups in total. The van der Waals surface area contributed by atoms with Crippen molar-refractivity contribution in [1.82, 2.24) is 5.43 Å². The van der Waals surface area contributed by atoms with Crippen LogP contribution in [0, 0.1) is 0 Å². The third kappa shape index (κ3) is 4.64. The summed E-state index contributed by atoms with van der Waals surface area (Å²) in [5, 5.41) is 1.53. The highest BCUT2D eigenvalue weighted by molar-refractivity contribution is 9.09. The van der Waals surface area contributed by atoms with Gasteiger partial charge in [0, 0.05) is 6.92 Å². The second-order valence-electron chi connectivity index (χ2n) is 4.16. The number of nitrogens with zero attached hydrogens (tertiary/aromatic N) is 1. The van der Waals surface area contributed by atoms with Gasteiger partial charge in [0.25, 0.3) is 0 Å². The maximum absolute atomic E-state index is 13.6. The van der Waals surface area contributed by atoms with Gasteiger partial charge in [0.15, 0.2) is 5.83 Å². The minimum Gasteiger partial charge on any atom is -0.433 e. The number of rotatable bonds is 3. The van der Waals surface area contributed by atoms with Crippen LogP contribution in [0.2, 0.25) is 0 Å². The summed E-state index contributed by atoms with van der Waals surface area (Å²) in [5.41, 5.74) is 3.89. The van der Waals surface area contributed by atoms with E-state index in [1.165, 1.54) is 17.1 Å². The van der Waals surface area contributed by atoms with Gasteiger partial charge in [-0.1, -0.05) is 29.8 Å². The predicted octanol–water partition coefficient (Wildman–Crippen LogP) is 4.95. The molecule has 1 heterocycles. The summed E-state index contributed by atoms with van der Waals surface area (Å²) in [5.74, 6) is -0.270. The van der Waals surface area contributed by atoms with E-state index in [0.717, 1.165) is 0 Å². The van der Waals surface area contributed by atoms with E-state index in [0.29, 0.717) is 18.3 Å². The molecule has 1 unspecified atom stereocenters. The van der Waals surface area contributed by atoms with Crippen LogP contribution >= 0.6 is 15.9 Å². The smallest absolute Gasteiger partial charge is 0.394 e. The largest absolute Gasteiger partial charge is 0.433 e. The van der Waals surface area contributed by atoms with Gasteiger partial charge in [-0.15, -0.1) is 0 Å². The molecule has 0 amide bonds. The standard InChI is InChI=1S/C12H12BrF3N2O.C2H6/c1-7-10(14)11(13)17-18(7)8-3-5-9(6-4-8)19-12(2,15)16;1-2/h3-6,11,17H,1-2H3;1-2H3. The first-order chi connectivity index (χ1) is 9.78. The number of halogens is 4. The number of hydrogen-bond acceptors (Lipinski definition) is 3. The topological polar surface area (TPSA) is 24.5 Å². The molecule has 21 heavy (non-hydrogen) atoms. The van der Waals surface area contributed by atoms with Crippen molar-refractivity contribution in [3.8, 4) is 5.75 Å². The van der Waals surface area contributed by atoms with Crippen LogP contribution in [0.15, 0.2) is 35.8 Å². The van der Waals surface area contributed by atoms with E-state index in [1.807, 2.05) is 13.8 Å². The summed E-state index contributed by atoms with van der Waals surface area (Å²) in [6.45, 7) is 6.29. The lowest BCUT2D eigenvalue weighted by molar-refractivity contribution is -0.158. The molecule has 0 spiro atoms. The summed E-state index contributed by atoms with van der Waals surface area (Å²) in [7, 11) is 0. The SMILES string of the molecule is CC.CC1=C(F)C(Br)NN1c1ccc(OC(C)(F)F)cc1. The van der Waals surface area contributed by atoms with Gasteiger partial charge in [-0.2, -0.15) is 8.78 Å². The molecule has 2 rings (SSSR count). The molecule has 1 aliphatic heterocycles. The maximum atomic E-state index is 13.6. The van der Waals surface area contributed by atoms with Crippen molar-refractivity contribution < 1.29 is 17.9 Å². The molecular formula is C14H18BrF3N2O. The summed E-state index contributed by atoms with van der Waals surface area (Å²) in [4.78, 5) is -0.580. The van der Waals surface area contributed by atoms with Crippen LogP contribution in [-0.4, -0.2) is 11.1 Å². The molecule has 0 fully saturated rings. The zero-order chi connectivity index (χ0) is 16.2. The van der Waals surface area contributed by atoms with Gasteiger partial charge in [0.2, 0.25) is 0 Å². The molecule has 1 aromatic carbocycles.